The molecular formula is C11H16N2O2. The van der Waals surface area contributed by atoms with E-state index in [1.807, 2.05) is 32.0 Å². The number of benzene rings is 1. The third-order valence-electron chi connectivity index (χ3n) is 1.95. The van der Waals surface area contributed by atoms with Gasteiger partial charge in [0.05, 0.1) is 0 Å². The molecule has 0 aliphatic carbocycles. The number of carbonyl (C=O) groups is 1. The van der Waals surface area contributed by atoms with E-state index >= 15 is 0 Å². The summed E-state index contributed by atoms with van der Waals surface area (Å²) in [6.07, 6.45) is 0. The molecule has 82 valence electrons. The summed E-state index contributed by atoms with van der Waals surface area (Å²) in [4.78, 5) is 11.1. The van der Waals surface area contributed by atoms with Crippen molar-refractivity contribution in [2.75, 3.05) is 13.7 Å². The van der Waals surface area contributed by atoms with Gasteiger partial charge in [0.2, 0.25) is 0 Å². The van der Waals surface area contributed by atoms with E-state index in [9.17, 15) is 4.79 Å². The average Bonchev–Trinajstić information content (AvgIpc) is 2.17. The first-order chi connectivity index (χ1) is 7.13. The second-order valence-electron chi connectivity index (χ2n) is 3.36. The normalized spacial score (nSPS) is 9.80. The van der Waals surface area contributed by atoms with Gasteiger partial charge in [-0.15, -0.1) is 0 Å². The van der Waals surface area contributed by atoms with Crippen molar-refractivity contribution >= 4 is 5.91 Å². The lowest BCUT2D eigenvalue weighted by Gasteiger charge is -2.09. The van der Waals surface area contributed by atoms with E-state index in [-0.39, 0.29) is 12.5 Å². The van der Waals surface area contributed by atoms with Crippen LogP contribution in [0.4, 0.5) is 0 Å². The van der Waals surface area contributed by atoms with Gasteiger partial charge in [0.15, 0.2) is 6.61 Å². The fourth-order valence-corrected chi connectivity index (χ4v) is 1.28. The Labute approximate surface area is 89.6 Å². The van der Waals surface area contributed by atoms with Gasteiger partial charge < -0.3 is 4.74 Å². The van der Waals surface area contributed by atoms with Crippen molar-refractivity contribution in [2.24, 2.45) is 0 Å². The Morgan fingerprint density at radius 2 is 2.13 bits per heavy atom. The van der Waals surface area contributed by atoms with E-state index < -0.39 is 0 Å². The van der Waals surface area contributed by atoms with Crippen LogP contribution in [-0.2, 0) is 4.79 Å². The highest BCUT2D eigenvalue weighted by Gasteiger charge is 2.03. The van der Waals surface area contributed by atoms with E-state index in [0.717, 1.165) is 11.3 Å². The SMILES string of the molecule is CNNC(=O)COc1ccc(C)cc1C. The summed E-state index contributed by atoms with van der Waals surface area (Å²) in [5.74, 6) is 0.546. The van der Waals surface area contributed by atoms with Crippen LogP contribution in [0.15, 0.2) is 18.2 Å². The van der Waals surface area contributed by atoms with E-state index in [4.69, 9.17) is 4.74 Å². The summed E-state index contributed by atoms with van der Waals surface area (Å²) in [5, 5.41) is 0. The quantitative estimate of drug-likeness (QED) is 0.724. The minimum Gasteiger partial charge on any atom is -0.483 e. The Morgan fingerprint density at radius 3 is 2.73 bits per heavy atom. The Kier molecular flexibility index (Phi) is 4.12. The maximum atomic E-state index is 11.1. The molecule has 4 nitrogen and oxygen atoms in total. The van der Waals surface area contributed by atoms with Crippen LogP contribution in [0.5, 0.6) is 5.75 Å². The summed E-state index contributed by atoms with van der Waals surface area (Å²) < 4.78 is 5.35. The van der Waals surface area contributed by atoms with Gasteiger partial charge in [0, 0.05) is 7.05 Å². The molecule has 0 aliphatic heterocycles. The molecule has 4 heteroatoms. The summed E-state index contributed by atoms with van der Waals surface area (Å²) in [5.41, 5.74) is 7.20. The number of carbonyl (C=O) groups excluding carboxylic acids is 1. The number of hydrogen-bond donors (Lipinski definition) is 2. The number of aryl methyl sites for hydroxylation is 2. The van der Waals surface area contributed by atoms with Crippen LogP contribution in [0.2, 0.25) is 0 Å². The van der Waals surface area contributed by atoms with Crippen molar-refractivity contribution in [3.8, 4) is 5.75 Å². The lowest BCUT2D eigenvalue weighted by atomic mass is 10.1. The van der Waals surface area contributed by atoms with Gasteiger partial charge in [-0.2, -0.15) is 0 Å². The number of hydrogen-bond acceptors (Lipinski definition) is 3. The molecule has 0 saturated carbocycles. The first kappa shape index (κ1) is 11.5. The highest BCUT2D eigenvalue weighted by Crippen LogP contribution is 2.18. The van der Waals surface area contributed by atoms with Gasteiger partial charge in [-0.3, -0.25) is 10.2 Å². The zero-order valence-corrected chi connectivity index (χ0v) is 9.26. The molecule has 15 heavy (non-hydrogen) atoms. The van der Waals surface area contributed by atoms with Crippen LogP contribution in [0.3, 0.4) is 0 Å². The molecule has 0 saturated heterocycles. The van der Waals surface area contributed by atoms with Crippen LogP contribution in [0, 0.1) is 13.8 Å². The second kappa shape index (κ2) is 5.36. The summed E-state index contributed by atoms with van der Waals surface area (Å²) in [6.45, 7) is 3.99. The molecule has 1 rings (SSSR count). The van der Waals surface area contributed by atoms with Gasteiger partial charge >= 0.3 is 0 Å². The molecular weight excluding hydrogens is 192 g/mol. The molecule has 0 radical (unpaired) electrons. The Balaban J connectivity index is 2.54. The molecule has 0 atom stereocenters. The Morgan fingerprint density at radius 1 is 1.40 bits per heavy atom. The van der Waals surface area contributed by atoms with E-state index in [1.165, 1.54) is 5.56 Å². The van der Waals surface area contributed by atoms with Gasteiger partial charge in [-0.05, 0) is 25.5 Å². The fourth-order valence-electron chi connectivity index (χ4n) is 1.28. The Hall–Kier alpha value is -1.55. The summed E-state index contributed by atoms with van der Waals surface area (Å²) in [7, 11) is 1.63. The topological polar surface area (TPSA) is 50.4 Å². The molecule has 1 aromatic rings. The third kappa shape index (κ3) is 3.59. The summed E-state index contributed by atoms with van der Waals surface area (Å²) >= 11 is 0. The van der Waals surface area contributed by atoms with Gasteiger partial charge in [-0.25, -0.2) is 5.43 Å². The fraction of sp³-hybridized carbons (Fsp3) is 0.364. The molecule has 0 aromatic heterocycles. The maximum absolute atomic E-state index is 11.1. The molecule has 0 spiro atoms. The van der Waals surface area contributed by atoms with E-state index in [2.05, 4.69) is 10.9 Å². The largest absolute Gasteiger partial charge is 0.483 e. The van der Waals surface area contributed by atoms with E-state index in [0.29, 0.717) is 0 Å². The molecule has 0 unspecified atom stereocenters. The maximum Gasteiger partial charge on any atom is 0.271 e. The van der Waals surface area contributed by atoms with Crippen molar-refractivity contribution in [1.29, 1.82) is 0 Å². The third-order valence-corrected chi connectivity index (χ3v) is 1.95. The molecule has 1 aromatic carbocycles. The lowest BCUT2D eigenvalue weighted by molar-refractivity contribution is -0.123. The monoisotopic (exact) mass is 208 g/mol. The predicted octanol–water partition coefficient (Wildman–Crippen LogP) is 0.933. The van der Waals surface area contributed by atoms with Gasteiger partial charge in [-0.1, -0.05) is 17.7 Å². The predicted molar refractivity (Wildman–Crippen MR) is 58.6 cm³/mol. The number of amides is 1. The first-order valence-corrected chi connectivity index (χ1v) is 4.79. The molecule has 2 N–H and O–H groups in total. The molecule has 1 amide bonds. The molecule has 0 bridgehead atoms. The average molecular weight is 208 g/mol. The second-order valence-corrected chi connectivity index (χ2v) is 3.36. The van der Waals surface area contributed by atoms with Crippen molar-refractivity contribution in [3.05, 3.63) is 29.3 Å². The zero-order valence-electron chi connectivity index (χ0n) is 9.26. The van der Waals surface area contributed by atoms with Crippen LogP contribution in [0.1, 0.15) is 11.1 Å². The Bertz CT molecular complexity index is 350. The van der Waals surface area contributed by atoms with Crippen molar-refractivity contribution in [2.45, 2.75) is 13.8 Å². The van der Waals surface area contributed by atoms with Crippen LogP contribution in [-0.4, -0.2) is 19.6 Å². The van der Waals surface area contributed by atoms with Crippen LogP contribution < -0.4 is 15.6 Å². The van der Waals surface area contributed by atoms with Gasteiger partial charge in [0.25, 0.3) is 5.91 Å². The molecule has 0 aliphatic rings. The molecule has 0 fully saturated rings. The lowest BCUT2D eigenvalue weighted by Crippen LogP contribution is -2.37. The van der Waals surface area contributed by atoms with E-state index in [1.54, 1.807) is 7.05 Å². The number of nitrogens with one attached hydrogen (secondary N) is 2. The standard InChI is InChI=1S/C11H16N2O2/c1-8-4-5-10(9(2)6-8)15-7-11(14)13-12-3/h4-6,12H,7H2,1-3H3,(H,13,14). The minimum atomic E-state index is -0.197. The summed E-state index contributed by atoms with van der Waals surface area (Å²) in [6, 6.07) is 5.85. The highest BCUT2D eigenvalue weighted by molar-refractivity contribution is 5.76. The van der Waals surface area contributed by atoms with Crippen molar-refractivity contribution in [1.82, 2.24) is 10.9 Å². The smallest absolute Gasteiger partial charge is 0.271 e. The number of hydrazine groups is 1. The van der Waals surface area contributed by atoms with Crippen LogP contribution >= 0.6 is 0 Å². The zero-order chi connectivity index (χ0) is 11.3. The number of ether oxygens (including phenoxy) is 1. The first-order valence-electron chi connectivity index (χ1n) is 4.79. The van der Waals surface area contributed by atoms with Gasteiger partial charge in [0.1, 0.15) is 5.75 Å². The van der Waals surface area contributed by atoms with Crippen LogP contribution in [0.25, 0.3) is 0 Å². The molecule has 0 heterocycles. The van der Waals surface area contributed by atoms with Crippen molar-refractivity contribution < 1.29 is 9.53 Å². The minimum absolute atomic E-state index is 0.0186. The highest BCUT2D eigenvalue weighted by atomic mass is 16.5. The number of rotatable bonds is 4. The van der Waals surface area contributed by atoms with Crippen molar-refractivity contribution in [3.63, 3.8) is 0 Å².